The average molecular weight is 264 g/mol. The Hall–Kier alpha value is -1.09. The van der Waals surface area contributed by atoms with Crippen molar-refractivity contribution in [3.8, 4) is 0 Å². The van der Waals surface area contributed by atoms with E-state index in [4.69, 9.17) is 11.6 Å². The van der Waals surface area contributed by atoms with Gasteiger partial charge in [0.2, 0.25) is 0 Å². The molecule has 0 aromatic carbocycles. The highest BCUT2D eigenvalue weighted by Gasteiger charge is 2.26. The Kier molecular flexibility index (Phi) is 3.25. The first kappa shape index (κ1) is 12.0. The zero-order chi connectivity index (χ0) is 12.5. The van der Waals surface area contributed by atoms with Crippen LogP contribution in [0.2, 0.25) is 0 Å². The molecule has 1 fully saturated rings. The molecule has 0 N–H and O–H groups in total. The van der Waals surface area contributed by atoms with E-state index in [1.54, 1.807) is 0 Å². The third-order valence-corrected chi connectivity index (χ3v) is 3.88. The molecule has 18 heavy (non-hydrogen) atoms. The minimum Gasteiger partial charge on any atom is -0.325 e. The molecule has 3 nitrogen and oxygen atoms in total. The van der Waals surface area contributed by atoms with Crippen LogP contribution in [0.25, 0.3) is 11.0 Å². The average Bonchev–Trinajstić information content (AvgIpc) is 3.09. The maximum atomic E-state index is 5.89. The summed E-state index contributed by atoms with van der Waals surface area (Å²) in [6, 6.07) is 2.56. The second-order valence-corrected chi connectivity index (χ2v) is 5.61. The molecule has 2 aromatic rings. The molecule has 2 aromatic heterocycles. The van der Waals surface area contributed by atoms with E-state index < -0.39 is 0 Å². The summed E-state index contributed by atoms with van der Waals surface area (Å²) in [4.78, 5) is 8.82. The summed E-state index contributed by atoms with van der Waals surface area (Å²) in [5.41, 5.74) is 2.18. The van der Waals surface area contributed by atoms with Crippen molar-refractivity contribution in [3.05, 3.63) is 24.3 Å². The number of hydrogen-bond acceptors (Lipinski definition) is 2. The smallest absolute Gasteiger partial charge is 0.111 e. The molecule has 96 valence electrons. The molecule has 1 saturated carbocycles. The third kappa shape index (κ3) is 2.24. The molecule has 4 heteroatoms. The number of pyridine rings is 1. The summed E-state index contributed by atoms with van der Waals surface area (Å²) in [5, 5.41) is 0. The van der Waals surface area contributed by atoms with Crippen molar-refractivity contribution in [3.63, 3.8) is 0 Å². The summed E-state index contributed by atoms with van der Waals surface area (Å²) in [7, 11) is 0. The monoisotopic (exact) mass is 263 g/mol. The Bertz CT molecular complexity index is 545. The van der Waals surface area contributed by atoms with Crippen LogP contribution in [0.15, 0.2) is 18.5 Å². The van der Waals surface area contributed by atoms with Crippen LogP contribution in [0.3, 0.4) is 0 Å². The van der Waals surface area contributed by atoms with Crippen molar-refractivity contribution in [1.82, 2.24) is 14.5 Å². The lowest BCUT2D eigenvalue weighted by Crippen LogP contribution is -2.10. The number of nitrogens with zero attached hydrogens (tertiary/aromatic N) is 3. The van der Waals surface area contributed by atoms with E-state index in [1.807, 2.05) is 12.4 Å². The molecule has 1 aliphatic rings. The van der Waals surface area contributed by atoms with Gasteiger partial charge in [0.25, 0.3) is 0 Å². The molecule has 1 aliphatic carbocycles. The molecule has 3 rings (SSSR count). The van der Waals surface area contributed by atoms with E-state index in [9.17, 15) is 0 Å². The van der Waals surface area contributed by atoms with Crippen LogP contribution in [-0.4, -0.2) is 20.4 Å². The number of halogens is 1. The summed E-state index contributed by atoms with van der Waals surface area (Å²) in [5.74, 6) is 2.64. The van der Waals surface area contributed by atoms with Gasteiger partial charge in [-0.1, -0.05) is 12.8 Å². The third-order valence-electron chi connectivity index (χ3n) is 3.70. The van der Waals surface area contributed by atoms with Gasteiger partial charge in [0.05, 0.1) is 11.7 Å². The van der Waals surface area contributed by atoms with Gasteiger partial charge in [-0.25, -0.2) is 4.98 Å². The maximum Gasteiger partial charge on any atom is 0.111 e. The Morgan fingerprint density at radius 3 is 3.06 bits per heavy atom. The van der Waals surface area contributed by atoms with Crippen LogP contribution < -0.4 is 0 Å². The van der Waals surface area contributed by atoms with Crippen molar-refractivity contribution in [1.29, 1.82) is 0 Å². The molecule has 0 radical (unpaired) electrons. The van der Waals surface area contributed by atoms with E-state index in [0.29, 0.717) is 11.9 Å². The highest BCUT2D eigenvalue weighted by molar-refractivity contribution is 6.17. The number of aryl methyl sites for hydroxylation is 1. The van der Waals surface area contributed by atoms with Crippen LogP contribution in [0.5, 0.6) is 0 Å². The van der Waals surface area contributed by atoms with Gasteiger partial charge in [0.15, 0.2) is 0 Å². The molecule has 1 unspecified atom stereocenters. The second kappa shape index (κ2) is 4.88. The SMILES string of the molecule is CC(CC1CC1)n1c(CCCl)nc2cnccc21. The van der Waals surface area contributed by atoms with Crippen LogP contribution in [0.1, 0.15) is 38.1 Å². The predicted molar refractivity (Wildman–Crippen MR) is 74.0 cm³/mol. The fourth-order valence-corrected chi connectivity index (χ4v) is 2.86. The topological polar surface area (TPSA) is 30.7 Å². The fraction of sp³-hybridized carbons (Fsp3) is 0.571. The maximum absolute atomic E-state index is 5.89. The van der Waals surface area contributed by atoms with Crippen LogP contribution in [0.4, 0.5) is 0 Å². The van der Waals surface area contributed by atoms with Gasteiger partial charge < -0.3 is 4.57 Å². The lowest BCUT2D eigenvalue weighted by molar-refractivity contribution is 0.473. The highest BCUT2D eigenvalue weighted by atomic mass is 35.5. The highest BCUT2D eigenvalue weighted by Crippen LogP contribution is 2.37. The van der Waals surface area contributed by atoms with Crippen molar-refractivity contribution < 1.29 is 0 Å². The molecule has 2 heterocycles. The second-order valence-electron chi connectivity index (χ2n) is 5.23. The lowest BCUT2D eigenvalue weighted by Gasteiger charge is -2.17. The summed E-state index contributed by atoms with van der Waals surface area (Å²) in [6.45, 7) is 2.29. The predicted octanol–water partition coefficient (Wildman–Crippen LogP) is 3.57. The number of aromatic nitrogens is 3. The summed E-state index contributed by atoms with van der Waals surface area (Å²) >= 11 is 5.89. The number of rotatable bonds is 5. The first-order valence-corrected chi connectivity index (χ1v) is 7.20. The van der Waals surface area contributed by atoms with E-state index >= 15 is 0 Å². The van der Waals surface area contributed by atoms with Gasteiger partial charge in [0, 0.05) is 24.5 Å². The molecular formula is C14H18ClN3. The fourth-order valence-electron chi connectivity index (χ4n) is 2.69. The Balaban J connectivity index is 2.01. The van der Waals surface area contributed by atoms with Crippen LogP contribution in [0, 0.1) is 5.92 Å². The number of hydrogen-bond donors (Lipinski definition) is 0. The van der Waals surface area contributed by atoms with Gasteiger partial charge >= 0.3 is 0 Å². The standard InChI is InChI=1S/C14H18ClN3/c1-10(8-11-2-3-11)18-13-5-7-16-9-12(13)17-14(18)4-6-15/h5,7,9-11H,2-4,6,8H2,1H3. The Morgan fingerprint density at radius 2 is 2.33 bits per heavy atom. The largest absolute Gasteiger partial charge is 0.325 e. The summed E-state index contributed by atoms with van der Waals surface area (Å²) in [6.07, 6.45) is 8.54. The van der Waals surface area contributed by atoms with Gasteiger partial charge in [-0.05, 0) is 25.3 Å². The quantitative estimate of drug-likeness (QED) is 0.772. The van der Waals surface area contributed by atoms with Crippen molar-refractivity contribution in [2.24, 2.45) is 5.92 Å². The van der Waals surface area contributed by atoms with Crippen molar-refractivity contribution in [2.75, 3.05) is 5.88 Å². The minimum atomic E-state index is 0.503. The Morgan fingerprint density at radius 1 is 1.50 bits per heavy atom. The first-order chi connectivity index (χ1) is 8.79. The summed E-state index contributed by atoms with van der Waals surface area (Å²) < 4.78 is 2.36. The van der Waals surface area contributed by atoms with Crippen LogP contribution in [-0.2, 0) is 6.42 Å². The lowest BCUT2D eigenvalue weighted by atomic mass is 10.1. The molecule has 0 spiro atoms. The van der Waals surface area contributed by atoms with E-state index in [0.717, 1.165) is 23.7 Å². The minimum absolute atomic E-state index is 0.503. The van der Waals surface area contributed by atoms with Gasteiger partial charge in [-0.3, -0.25) is 4.98 Å². The van der Waals surface area contributed by atoms with Crippen LogP contribution >= 0.6 is 11.6 Å². The van der Waals surface area contributed by atoms with Gasteiger partial charge in [-0.15, -0.1) is 11.6 Å². The van der Waals surface area contributed by atoms with Gasteiger partial charge in [0.1, 0.15) is 11.3 Å². The Labute approximate surface area is 112 Å². The number of alkyl halides is 1. The van der Waals surface area contributed by atoms with Gasteiger partial charge in [-0.2, -0.15) is 0 Å². The van der Waals surface area contributed by atoms with Crippen molar-refractivity contribution in [2.45, 2.75) is 38.6 Å². The van der Waals surface area contributed by atoms with E-state index in [2.05, 4.69) is 27.5 Å². The zero-order valence-electron chi connectivity index (χ0n) is 10.6. The molecule has 0 saturated heterocycles. The molecule has 1 atom stereocenters. The molecular weight excluding hydrogens is 246 g/mol. The zero-order valence-corrected chi connectivity index (χ0v) is 11.4. The van der Waals surface area contributed by atoms with E-state index in [-0.39, 0.29) is 0 Å². The molecule has 0 amide bonds. The van der Waals surface area contributed by atoms with Crippen molar-refractivity contribution >= 4 is 22.6 Å². The molecule has 0 bridgehead atoms. The first-order valence-electron chi connectivity index (χ1n) is 6.66. The normalized spacial score (nSPS) is 17.2. The van der Waals surface area contributed by atoms with E-state index in [1.165, 1.54) is 24.8 Å². The number of imidazole rings is 1. The number of fused-ring (bicyclic) bond motifs is 1. The molecule has 0 aliphatic heterocycles.